The second-order valence-corrected chi connectivity index (χ2v) is 10.8. The zero-order valence-electron chi connectivity index (χ0n) is 18.8. The number of nitrogens with one attached hydrogen (secondary N) is 2. The van der Waals surface area contributed by atoms with E-state index < -0.39 is 0 Å². The fourth-order valence-electron chi connectivity index (χ4n) is 4.07. The van der Waals surface area contributed by atoms with Crippen molar-refractivity contribution in [3.63, 3.8) is 0 Å². The Balaban J connectivity index is 1.27. The number of benzene rings is 1. The van der Waals surface area contributed by atoms with Gasteiger partial charge in [0, 0.05) is 60.6 Å². The normalized spacial score (nSPS) is 17.4. The molecule has 3 aromatic rings. The first-order chi connectivity index (χ1) is 16.1. The number of hydrogen-bond donors (Lipinski definition) is 2. The molecule has 0 radical (unpaired) electrons. The molecule has 2 aromatic heterocycles. The third-order valence-electron chi connectivity index (χ3n) is 6.23. The summed E-state index contributed by atoms with van der Waals surface area (Å²) >= 11 is 5.26. The van der Waals surface area contributed by atoms with E-state index in [1.54, 1.807) is 17.5 Å². The largest absolute Gasteiger partial charge is 0.354 e. The lowest BCUT2D eigenvalue weighted by Gasteiger charge is -2.32. The second kappa shape index (κ2) is 10.0. The summed E-state index contributed by atoms with van der Waals surface area (Å²) in [6.07, 6.45) is 5.02. The summed E-state index contributed by atoms with van der Waals surface area (Å²) in [4.78, 5) is 27.8. The highest BCUT2D eigenvalue weighted by Gasteiger charge is 2.25. The van der Waals surface area contributed by atoms with Crippen LogP contribution in [0.1, 0.15) is 29.6 Å². The smallest absolute Gasteiger partial charge is 0.252 e. The average molecular weight is 530 g/mol. The summed E-state index contributed by atoms with van der Waals surface area (Å²) in [6, 6.07) is 8.33. The Morgan fingerprint density at radius 3 is 2.85 bits per heavy atom. The molecule has 1 aliphatic heterocycles. The highest BCUT2D eigenvalue weighted by molar-refractivity contribution is 9.10. The fraction of sp³-hybridized carbons (Fsp3) is 0.458. The van der Waals surface area contributed by atoms with Crippen LogP contribution in [0.5, 0.6) is 0 Å². The molecule has 0 unspecified atom stereocenters. The molecule has 1 amide bonds. The Hall–Kier alpha value is -2.07. The molecular formula is C24H29BrN6OS. The molecule has 174 valence electrons. The van der Waals surface area contributed by atoms with Crippen LogP contribution >= 0.6 is 27.3 Å². The van der Waals surface area contributed by atoms with Gasteiger partial charge >= 0.3 is 0 Å². The van der Waals surface area contributed by atoms with Crippen molar-refractivity contribution >= 4 is 49.2 Å². The topological polar surface area (TPSA) is 73.4 Å². The number of carbonyl (C=O) groups is 1. The molecule has 0 bridgehead atoms. The quantitative estimate of drug-likeness (QED) is 0.429. The third kappa shape index (κ3) is 5.54. The molecule has 1 saturated carbocycles. The van der Waals surface area contributed by atoms with Crippen molar-refractivity contribution in [2.75, 3.05) is 51.6 Å². The van der Waals surface area contributed by atoms with Crippen LogP contribution in [0.4, 0.5) is 5.95 Å². The van der Waals surface area contributed by atoms with Gasteiger partial charge in [-0.15, -0.1) is 11.3 Å². The van der Waals surface area contributed by atoms with Crippen molar-refractivity contribution in [1.82, 2.24) is 25.1 Å². The Morgan fingerprint density at radius 2 is 2.06 bits per heavy atom. The number of thiophene rings is 1. The van der Waals surface area contributed by atoms with E-state index in [9.17, 15) is 4.79 Å². The third-order valence-corrected chi connectivity index (χ3v) is 7.91. The van der Waals surface area contributed by atoms with E-state index in [4.69, 9.17) is 4.98 Å². The minimum atomic E-state index is 0.0110. The van der Waals surface area contributed by atoms with Gasteiger partial charge in [0.1, 0.15) is 5.69 Å². The maximum atomic E-state index is 12.7. The van der Waals surface area contributed by atoms with E-state index in [1.165, 1.54) is 0 Å². The number of fused-ring (bicyclic) bond motifs is 1. The first-order valence-electron chi connectivity index (χ1n) is 11.6. The highest BCUT2D eigenvalue weighted by Crippen LogP contribution is 2.37. The number of anilines is 1. The summed E-state index contributed by atoms with van der Waals surface area (Å²) in [5.41, 5.74) is 1.58. The molecule has 7 nitrogen and oxygen atoms in total. The van der Waals surface area contributed by atoms with E-state index >= 15 is 0 Å². The minimum absolute atomic E-state index is 0.0110. The first kappa shape index (κ1) is 22.7. The molecule has 1 aromatic carbocycles. The van der Waals surface area contributed by atoms with Crippen LogP contribution in [-0.2, 0) is 0 Å². The van der Waals surface area contributed by atoms with Gasteiger partial charge in [-0.1, -0.05) is 6.07 Å². The van der Waals surface area contributed by atoms with Crippen LogP contribution in [0, 0.1) is 0 Å². The molecule has 1 saturated heterocycles. The van der Waals surface area contributed by atoms with Gasteiger partial charge in [0.05, 0.1) is 9.35 Å². The molecule has 9 heteroatoms. The van der Waals surface area contributed by atoms with Crippen molar-refractivity contribution in [3.8, 4) is 10.6 Å². The van der Waals surface area contributed by atoms with Crippen LogP contribution in [0.15, 0.2) is 34.9 Å². The van der Waals surface area contributed by atoms with E-state index in [0.29, 0.717) is 12.0 Å². The summed E-state index contributed by atoms with van der Waals surface area (Å²) in [7, 11) is 2.18. The number of rotatable bonds is 8. The number of carbonyl (C=O) groups excluding carboxylic acids is 1. The summed E-state index contributed by atoms with van der Waals surface area (Å²) in [6.45, 7) is 6.50. The molecule has 2 fully saturated rings. The molecular weight excluding hydrogens is 500 g/mol. The van der Waals surface area contributed by atoms with Crippen LogP contribution in [0.25, 0.3) is 20.7 Å². The molecule has 33 heavy (non-hydrogen) atoms. The number of nitrogens with zero attached hydrogens (tertiary/aromatic N) is 4. The van der Waals surface area contributed by atoms with Gasteiger partial charge in [0.15, 0.2) is 0 Å². The maximum Gasteiger partial charge on any atom is 0.252 e. The van der Waals surface area contributed by atoms with Gasteiger partial charge in [-0.05, 0) is 67.0 Å². The van der Waals surface area contributed by atoms with Gasteiger partial charge in [-0.25, -0.2) is 9.97 Å². The minimum Gasteiger partial charge on any atom is -0.354 e. The molecule has 5 rings (SSSR count). The van der Waals surface area contributed by atoms with Gasteiger partial charge in [-0.2, -0.15) is 0 Å². The zero-order chi connectivity index (χ0) is 22.8. The van der Waals surface area contributed by atoms with Crippen molar-refractivity contribution in [1.29, 1.82) is 0 Å². The maximum absolute atomic E-state index is 12.7. The van der Waals surface area contributed by atoms with Crippen LogP contribution in [0.2, 0.25) is 0 Å². The van der Waals surface area contributed by atoms with Crippen LogP contribution in [-0.4, -0.2) is 78.0 Å². The van der Waals surface area contributed by atoms with E-state index in [-0.39, 0.29) is 5.91 Å². The van der Waals surface area contributed by atoms with Crippen LogP contribution < -0.4 is 10.6 Å². The molecule has 2 N–H and O–H groups in total. The zero-order valence-corrected chi connectivity index (χ0v) is 21.2. The van der Waals surface area contributed by atoms with Crippen molar-refractivity contribution in [2.24, 2.45) is 0 Å². The van der Waals surface area contributed by atoms with Crippen molar-refractivity contribution < 1.29 is 4.79 Å². The average Bonchev–Trinajstić information content (AvgIpc) is 3.52. The number of amides is 1. The van der Waals surface area contributed by atoms with Gasteiger partial charge in [0.25, 0.3) is 5.91 Å². The lowest BCUT2D eigenvalue weighted by Crippen LogP contribution is -2.44. The molecule has 2 aliphatic rings. The standard InChI is InChI=1S/C24H29BrN6OS/c1-30-10-12-31(13-11-30)9-3-8-26-24-27-15-19(25)22(29-24)21-14-18-17(4-2-5-20(18)33-21)23(32)28-16-6-7-16/h2,4-5,14-16H,3,6-13H2,1H3,(H,28,32)(H,26,27,29). The number of halogens is 1. The molecule has 3 heterocycles. The fourth-order valence-corrected chi connectivity index (χ4v) is 5.69. The SMILES string of the molecule is CN1CCN(CCCNc2ncc(Br)c(-c3cc4c(C(=O)NC5CC5)cccc4s3)n2)CC1. The summed E-state index contributed by atoms with van der Waals surface area (Å²) < 4.78 is 1.93. The predicted molar refractivity (Wildman–Crippen MR) is 138 cm³/mol. The van der Waals surface area contributed by atoms with Gasteiger partial charge < -0.3 is 20.4 Å². The lowest BCUT2D eigenvalue weighted by molar-refractivity contribution is 0.0953. The van der Waals surface area contributed by atoms with Gasteiger partial charge in [0.2, 0.25) is 5.95 Å². The Kier molecular flexibility index (Phi) is 6.91. The van der Waals surface area contributed by atoms with E-state index in [2.05, 4.69) is 60.5 Å². The Morgan fingerprint density at radius 1 is 1.24 bits per heavy atom. The molecule has 0 spiro atoms. The number of likely N-dealkylation sites (N-methyl/N-ethyl adjacent to an activating group) is 1. The number of aromatic nitrogens is 2. The Bertz CT molecular complexity index is 1140. The monoisotopic (exact) mass is 528 g/mol. The Labute approximate surface area is 206 Å². The predicted octanol–water partition coefficient (Wildman–Crippen LogP) is 4.06. The number of piperazine rings is 1. The lowest BCUT2D eigenvalue weighted by atomic mass is 10.1. The van der Waals surface area contributed by atoms with Gasteiger partial charge in [-0.3, -0.25) is 4.79 Å². The molecule has 1 aliphatic carbocycles. The molecule has 0 atom stereocenters. The van der Waals surface area contributed by atoms with Crippen molar-refractivity contribution in [2.45, 2.75) is 25.3 Å². The van der Waals surface area contributed by atoms with E-state index in [1.807, 2.05) is 12.1 Å². The van der Waals surface area contributed by atoms with Crippen LogP contribution in [0.3, 0.4) is 0 Å². The second-order valence-electron chi connectivity index (χ2n) is 8.89. The summed E-state index contributed by atoms with van der Waals surface area (Å²) in [5.74, 6) is 0.646. The number of hydrogen-bond acceptors (Lipinski definition) is 7. The highest BCUT2D eigenvalue weighted by atomic mass is 79.9. The first-order valence-corrected chi connectivity index (χ1v) is 13.2. The summed E-state index contributed by atoms with van der Waals surface area (Å²) in [5, 5.41) is 7.46. The van der Waals surface area contributed by atoms with E-state index in [0.717, 1.165) is 89.2 Å². The van der Waals surface area contributed by atoms with Crippen molar-refractivity contribution in [3.05, 3.63) is 40.5 Å².